The van der Waals surface area contributed by atoms with Gasteiger partial charge >= 0.3 is 0 Å². The van der Waals surface area contributed by atoms with E-state index in [1.54, 1.807) is 14.2 Å². The topological polar surface area (TPSA) is 44.5 Å². The number of nitrogens with two attached hydrogens (primary N) is 1. The maximum absolute atomic E-state index is 6.79. The summed E-state index contributed by atoms with van der Waals surface area (Å²) in [4.78, 5) is 0. The molecule has 1 aliphatic rings. The molecule has 2 atom stereocenters. The van der Waals surface area contributed by atoms with Gasteiger partial charge in [-0.2, -0.15) is 0 Å². The van der Waals surface area contributed by atoms with E-state index in [1.807, 2.05) is 12.1 Å². The summed E-state index contributed by atoms with van der Waals surface area (Å²) in [6.07, 6.45) is 8.42. The first-order valence-electron chi connectivity index (χ1n) is 8.14. The van der Waals surface area contributed by atoms with Gasteiger partial charge in [-0.1, -0.05) is 32.6 Å². The highest BCUT2D eigenvalue weighted by Crippen LogP contribution is 2.41. The monoisotopic (exact) mass is 291 g/mol. The molecule has 3 heteroatoms. The zero-order valence-electron chi connectivity index (χ0n) is 13.7. The summed E-state index contributed by atoms with van der Waals surface area (Å²) in [7, 11) is 3.38. The van der Waals surface area contributed by atoms with Crippen LogP contribution in [0, 0.1) is 5.92 Å². The molecule has 1 aromatic rings. The first-order chi connectivity index (χ1) is 10.1. The van der Waals surface area contributed by atoms with Crippen molar-refractivity contribution in [3.8, 4) is 11.5 Å². The second-order valence-electron chi connectivity index (χ2n) is 6.31. The number of hydrogen-bond donors (Lipinski definition) is 1. The third-order valence-corrected chi connectivity index (χ3v) is 4.88. The van der Waals surface area contributed by atoms with E-state index in [-0.39, 0.29) is 5.54 Å². The van der Waals surface area contributed by atoms with Crippen LogP contribution in [0.15, 0.2) is 18.2 Å². The summed E-state index contributed by atoms with van der Waals surface area (Å²) in [6, 6.07) is 6.01. The molecule has 0 aliphatic heterocycles. The number of rotatable bonds is 5. The second kappa shape index (κ2) is 7.17. The molecule has 118 valence electrons. The minimum absolute atomic E-state index is 0.264. The Hall–Kier alpha value is -1.22. The van der Waals surface area contributed by atoms with Gasteiger partial charge in [0.1, 0.15) is 11.5 Å². The van der Waals surface area contributed by atoms with E-state index in [2.05, 4.69) is 13.0 Å². The van der Waals surface area contributed by atoms with E-state index >= 15 is 0 Å². The molecule has 0 spiro atoms. The van der Waals surface area contributed by atoms with Gasteiger partial charge in [0.25, 0.3) is 0 Å². The Morgan fingerprint density at radius 1 is 1.19 bits per heavy atom. The highest BCUT2D eigenvalue weighted by atomic mass is 16.5. The lowest BCUT2D eigenvalue weighted by atomic mass is 9.82. The maximum atomic E-state index is 6.79. The van der Waals surface area contributed by atoms with Gasteiger partial charge in [-0.05, 0) is 37.3 Å². The standard InChI is InChI=1S/C18H29NO2/c1-4-6-14-7-5-11-18(19,12-10-14)16-9-8-15(20-2)13-17(16)21-3/h8-9,13-14H,4-7,10-12,19H2,1-3H3. The first kappa shape index (κ1) is 16.2. The molecule has 0 bridgehead atoms. The Balaban J connectivity index is 2.23. The lowest BCUT2D eigenvalue weighted by Crippen LogP contribution is -2.36. The maximum Gasteiger partial charge on any atom is 0.127 e. The highest BCUT2D eigenvalue weighted by molar-refractivity contribution is 5.44. The molecule has 1 fully saturated rings. The van der Waals surface area contributed by atoms with Crippen LogP contribution in [-0.4, -0.2) is 14.2 Å². The van der Waals surface area contributed by atoms with Gasteiger partial charge in [-0.15, -0.1) is 0 Å². The summed E-state index contributed by atoms with van der Waals surface area (Å²) in [5, 5.41) is 0. The Kier molecular flexibility index (Phi) is 5.51. The summed E-state index contributed by atoms with van der Waals surface area (Å²) < 4.78 is 10.8. The van der Waals surface area contributed by atoms with Crippen molar-refractivity contribution in [3.05, 3.63) is 23.8 Å². The summed E-state index contributed by atoms with van der Waals surface area (Å²) >= 11 is 0. The molecule has 1 aliphatic carbocycles. The molecule has 0 aromatic heterocycles. The second-order valence-corrected chi connectivity index (χ2v) is 6.31. The average molecular weight is 291 g/mol. The SMILES string of the molecule is CCCC1CCCC(N)(c2ccc(OC)cc2OC)CC1. The van der Waals surface area contributed by atoms with Crippen molar-refractivity contribution < 1.29 is 9.47 Å². The van der Waals surface area contributed by atoms with Gasteiger partial charge in [0.2, 0.25) is 0 Å². The van der Waals surface area contributed by atoms with Crippen molar-refractivity contribution >= 4 is 0 Å². The first-order valence-corrected chi connectivity index (χ1v) is 8.14. The Bertz CT molecular complexity index is 461. The lowest BCUT2D eigenvalue weighted by Gasteiger charge is -2.30. The summed E-state index contributed by atoms with van der Waals surface area (Å²) in [5.74, 6) is 2.51. The smallest absolute Gasteiger partial charge is 0.127 e. The average Bonchev–Trinajstić information content (AvgIpc) is 2.70. The Morgan fingerprint density at radius 3 is 2.67 bits per heavy atom. The van der Waals surface area contributed by atoms with Crippen molar-refractivity contribution in [2.45, 2.75) is 57.4 Å². The lowest BCUT2D eigenvalue weighted by molar-refractivity contribution is 0.337. The number of methoxy groups -OCH3 is 2. The minimum atomic E-state index is -0.264. The molecular weight excluding hydrogens is 262 g/mol. The zero-order chi connectivity index (χ0) is 15.3. The molecule has 21 heavy (non-hydrogen) atoms. The molecule has 0 saturated heterocycles. The molecule has 0 radical (unpaired) electrons. The predicted octanol–water partition coefficient (Wildman–Crippen LogP) is 4.24. The van der Waals surface area contributed by atoms with Gasteiger partial charge in [0.15, 0.2) is 0 Å². The zero-order valence-corrected chi connectivity index (χ0v) is 13.7. The van der Waals surface area contributed by atoms with Crippen LogP contribution < -0.4 is 15.2 Å². The highest BCUT2D eigenvalue weighted by Gasteiger charge is 2.33. The molecule has 3 nitrogen and oxygen atoms in total. The Morgan fingerprint density at radius 2 is 2.00 bits per heavy atom. The molecule has 0 heterocycles. The van der Waals surface area contributed by atoms with Crippen molar-refractivity contribution in [2.24, 2.45) is 11.7 Å². The molecule has 1 saturated carbocycles. The van der Waals surface area contributed by atoms with Crippen LogP contribution in [0.5, 0.6) is 11.5 Å². The number of benzene rings is 1. The van der Waals surface area contributed by atoms with Gasteiger partial charge in [0.05, 0.1) is 14.2 Å². The third-order valence-electron chi connectivity index (χ3n) is 4.88. The predicted molar refractivity (Wildman–Crippen MR) is 86.9 cm³/mol. The molecular formula is C18H29NO2. The molecule has 2 unspecified atom stereocenters. The fourth-order valence-electron chi connectivity index (χ4n) is 3.61. The van der Waals surface area contributed by atoms with Gasteiger partial charge < -0.3 is 15.2 Å². The summed E-state index contributed by atoms with van der Waals surface area (Å²) in [5.41, 5.74) is 7.65. The van der Waals surface area contributed by atoms with Crippen LogP contribution >= 0.6 is 0 Å². The fourth-order valence-corrected chi connectivity index (χ4v) is 3.61. The number of ether oxygens (including phenoxy) is 2. The van der Waals surface area contributed by atoms with Gasteiger partial charge in [-0.3, -0.25) is 0 Å². The van der Waals surface area contributed by atoms with Crippen molar-refractivity contribution in [2.75, 3.05) is 14.2 Å². The van der Waals surface area contributed by atoms with Crippen LogP contribution in [0.25, 0.3) is 0 Å². The van der Waals surface area contributed by atoms with E-state index in [0.717, 1.165) is 35.8 Å². The van der Waals surface area contributed by atoms with Crippen molar-refractivity contribution in [3.63, 3.8) is 0 Å². The molecule has 0 amide bonds. The fraction of sp³-hybridized carbons (Fsp3) is 0.667. The van der Waals surface area contributed by atoms with E-state index in [0.29, 0.717) is 0 Å². The van der Waals surface area contributed by atoms with Crippen LogP contribution in [0.1, 0.15) is 57.4 Å². The third kappa shape index (κ3) is 3.70. The van der Waals surface area contributed by atoms with E-state index in [4.69, 9.17) is 15.2 Å². The van der Waals surface area contributed by atoms with E-state index in [1.165, 1.54) is 32.1 Å². The quantitative estimate of drug-likeness (QED) is 0.825. The molecule has 2 N–H and O–H groups in total. The van der Waals surface area contributed by atoms with E-state index in [9.17, 15) is 0 Å². The van der Waals surface area contributed by atoms with Crippen molar-refractivity contribution in [1.29, 1.82) is 0 Å². The number of hydrogen-bond acceptors (Lipinski definition) is 3. The van der Waals surface area contributed by atoms with Crippen LogP contribution in [-0.2, 0) is 5.54 Å². The molecule has 1 aromatic carbocycles. The summed E-state index contributed by atoms with van der Waals surface area (Å²) in [6.45, 7) is 2.27. The Labute approximate surface area is 128 Å². The normalized spacial score (nSPS) is 26.2. The van der Waals surface area contributed by atoms with Crippen LogP contribution in [0.2, 0.25) is 0 Å². The van der Waals surface area contributed by atoms with E-state index < -0.39 is 0 Å². The minimum Gasteiger partial charge on any atom is -0.497 e. The van der Waals surface area contributed by atoms with Crippen LogP contribution in [0.3, 0.4) is 0 Å². The van der Waals surface area contributed by atoms with Gasteiger partial charge in [-0.25, -0.2) is 0 Å². The van der Waals surface area contributed by atoms with Crippen LogP contribution in [0.4, 0.5) is 0 Å². The van der Waals surface area contributed by atoms with Gasteiger partial charge in [0, 0.05) is 17.2 Å². The van der Waals surface area contributed by atoms with Crippen molar-refractivity contribution in [1.82, 2.24) is 0 Å². The molecule has 2 rings (SSSR count). The largest absolute Gasteiger partial charge is 0.497 e.